The second-order valence-electron chi connectivity index (χ2n) is 7.92. The van der Waals surface area contributed by atoms with E-state index in [0.29, 0.717) is 23.8 Å². The number of nitrogens with one attached hydrogen (secondary N) is 2. The minimum absolute atomic E-state index is 0.0221. The summed E-state index contributed by atoms with van der Waals surface area (Å²) in [4.78, 5) is 27.1. The van der Waals surface area contributed by atoms with E-state index in [1.54, 1.807) is 12.1 Å². The molecular weight excluding hydrogens is 462 g/mol. The van der Waals surface area contributed by atoms with E-state index in [1.807, 2.05) is 0 Å². The lowest BCUT2D eigenvalue weighted by atomic mass is 9.95. The molecule has 1 saturated heterocycles. The first-order valence-electron chi connectivity index (χ1n) is 10.9. The lowest BCUT2D eigenvalue weighted by Gasteiger charge is -2.22. The number of anilines is 1. The number of aromatic nitrogens is 1. The van der Waals surface area contributed by atoms with E-state index in [-0.39, 0.29) is 27.4 Å². The summed E-state index contributed by atoms with van der Waals surface area (Å²) in [6.45, 7) is 4.18. The van der Waals surface area contributed by atoms with Gasteiger partial charge in [0.2, 0.25) is 0 Å². The first kappa shape index (κ1) is 25.2. The van der Waals surface area contributed by atoms with Crippen molar-refractivity contribution in [2.45, 2.75) is 37.5 Å². The van der Waals surface area contributed by atoms with Crippen LogP contribution in [0, 0.1) is 5.92 Å². The largest absolute Gasteiger partial charge is 0.494 e. The second kappa shape index (κ2) is 12.2. The number of thioether (sulfide) groups is 1. The molecule has 10 heteroatoms. The van der Waals surface area contributed by atoms with Crippen LogP contribution in [0.25, 0.3) is 0 Å². The van der Waals surface area contributed by atoms with Crippen LogP contribution in [0.1, 0.15) is 43.0 Å². The Bertz CT molecular complexity index is 1030. The monoisotopic (exact) mass is 491 g/mol. The van der Waals surface area contributed by atoms with E-state index >= 15 is 0 Å². The molecule has 0 aliphatic carbocycles. The maximum Gasteiger partial charge on any atom is 0.263 e. The number of carbonyl (C=O) groups excluding carboxylic acids is 2. The third kappa shape index (κ3) is 8.13. The van der Waals surface area contributed by atoms with E-state index in [4.69, 9.17) is 4.74 Å². The van der Waals surface area contributed by atoms with Crippen molar-refractivity contribution in [1.82, 2.24) is 10.3 Å². The molecule has 3 rings (SSSR count). The molecule has 1 fully saturated rings. The average Bonchev–Trinajstić information content (AvgIpc) is 2.81. The van der Waals surface area contributed by atoms with Gasteiger partial charge in [0.1, 0.15) is 11.6 Å². The molecule has 1 unspecified atom stereocenters. The van der Waals surface area contributed by atoms with Crippen LogP contribution in [-0.4, -0.2) is 49.7 Å². The van der Waals surface area contributed by atoms with Crippen LogP contribution in [-0.2, 0) is 14.8 Å². The summed E-state index contributed by atoms with van der Waals surface area (Å²) in [7, 11) is -3.83. The summed E-state index contributed by atoms with van der Waals surface area (Å²) >= 11 is 0.919. The van der Waals surface area contributed by atoms with Gasteiger partial charge in [0, 0.05) is 18.7 Å². The van der Waals surface area contributed by atoms with Gasteiger partial charge in [0.05, 0.1) is 17.3 Å². The zero-order valence-corrected chi connectivity index (χ0v) is 20.2. The van der Waals surface area contributed by atoms with Crippen LogP contribution < -0.4 is 14.8 Å². The molecule has 1 aliphatic heterocycles. The zero-order chi connectivity index (χ0) is 23.7. The summed E-state index contributed by atoms with van der Waals surface area (Å²) < 4.78 is 33.4. The van der Waals surface area contributed by atoms with Crippen LogP contribution in [0.3, 0.4) is 0 Å². The van der Waals surface area contributed by atoms with Gasteiger partial charge in [-0.15, -0.1) is 0 Å². The number of rotatable bonds is 11. The molecule has 1 aromatic carbocycles. The van der Waals surface area contributed by atoms with Crippen molar-refractivity contribution < 1.29 is 22.7 Å². The third-order valence-electron chi connectivity index (χ3n) is 5.29. The van der Waals surface area contributed by atoms with Gasteiger partial charge < -0.3 is 10.1 Å². The Kier molecular flexibility index (Phi) is 9.28. The fourth-order valence-corrected chi connectivity index (χ4v) is 5.02. The minimum atomic E-state index is -3.83. The number of piperidine rings is 1. The van der Waals surface area contributed by atoms with Gasteiger partial charge in [-0.3, -0.25) is 14.3 Å². The SMILES string of the molecule is CC(=O)SCC(=O)c1ccc(NS(=O)(=O)c2ccc(OCCCC3CCCNC3)cc2)nc1. The Labute approximate surface area is 199 Å². The first-order chi connectivity index (χ1) is 15.8. The van der Waals surface area contributed by atoms with Crippen LogP contribution >= 0.6 is 11.8 Å². The number of nitrogens with zero attached hydrogens (tertiary/aromatic N) is 1. The van der Waals surface area contributed by atoms with Crippen LogP contribution in [0.2, 0.25) is 0 Å². The number of hydrogen-bond acceptors (Lipinski definition) is 8. The Morgan fingerprint density at radius 3 is 2.64 bits per heavy atom. The van der Waals surface area contributed by atoms with E-state index in [9.17, 15) is 18.0 Å². The Hall–Kier alpha value is -2.43. The van der Waals surface area contributed by atoms with Crippen molar-refractivity contribution >= 4 is 38.5 Å². The standard InChI is InChI=1S/C23H29N3O5S2/c1-17(27)32-16-22(28)19-6-11-23(25-15-19)26-33(29,30)21-9-7-20(8-10-21)31-13-3-5-18-4-2-12-24-14-18/h6-11,15,18,24H,2-5,12-14,16H2,1H3,(H,25,26). The van der Waals surface area contributed by atoms with E-state index in [1.165, 1.54) is 50.2 Å². The second-order valence-corrected chi connectivity index (χ2v) is 10.8. The quantitative estimate of drug-likeness (QED) is 0.363. The van der Waals surface area contributed by atoms with Gasteiger partial charge in [0.25, 0.3) is 10.0 Å². The topological polar surface area (TPSA) is 114 Å². The van der Waals surface area contributed by atoms with E-state index < -0.39 is 10.0 Å². The Morgan fingerprint density at radius 2 is 2.00 bits per heavy atom. The summed E-state index contributed by atoms with van der Waals surface area (Å²) in [5, 5.41) is 3.27. The zero-order valence-electron chi connectivity index (χ0n) is 18.6. The molecule has 0 spiro atoms. The molecule has 0 radical (unpaired) electrons. The van der Waals surface area contributed by atoms with Crippen molar-refractivity contribution in [2.24, 2.45) is 5.92 Å². The minimum Gasteiger partial charge on any atom is -0.494 e. The number of ketones is 1. The molecule has 0 bridgehead atoms. The summed E-state index contributed by atoms with van der Waals surface area (Å²) in [5.41, 5.74) is 0.313. The van der Waals surface area contributed by atoms with Crippen molar-refractivity contribution in [3.8, 4) is 5.75 Å². The van der Waals surface area contributed by atoms with Crippen LogP contribution in [0.15, 0.2) is 47.5 Å². The Morgan fingerprint density at radius 1 is 1.21 bits per heavy atom. The number of carbonyl (C=O) groups is 2. The van der Waals surface area contributed by atoms with Crippen molar-refractivity contribution in [3.05, 3.63) is 48.2 Å². The maximum absolute atomic E-state index is 12.6. The molecule has 1 aliphatic rings. The lowest BCUT2D eigenvalue weighted by Crippen LogP contribution is -2.29. The fourth-order valence-electron chi connectivity index (χ4n) is 3.51. The third-order valence-corrected chi connectivity index (χ3v) is 7.47. The number of Topliss-reactive ketones (excluding diaryl/α,β-unsaturated/α-hetero) is 1. The number of ether oxygens (including phenoxy) is 1. The molecule has 33 heavy (non-hydrogen) atoms. The highest BCUT2D eigenvalue weighted by Crippen LogP contribution is 2.20. The molecule has 1 aromatic heterocycles. The highest BCUT2D eigenvalue weighted by atomic mass is 32.2. The number of hydrogen-bond donors (Lipinski definition) is 2. The molecule has 1 atom stereocenters. The van der Waals surface area contributed by atoms with Gasteiger partial charge in [-0.05, 0) is 81.1 Å². The predicted octanol–water partition coefficient (Wildman–Crippen LogP) is 3.50. The Balaban J connectivity index is 1.49. The number of pyridine rings is 1. The van der Waals surface area contributed by atoms with E-state index in [2.05, 4.69) is 15.0 Å². The van der Waals surface area contributed by atoms with Gasteiger partial charge in [0.15, 0.2) is 10.9 Å². The normalized spacial score (nSPS) is 16.2. The molecular formula is C23H29N3O5S2. The van der Waals surface area contributed by atoms with Crippen LogP contribution in [0.5, 0.6) is 5.75 Å². The number of sulfonamides is 1. The van der Waals surface area contributed by atoms with Gasteiger partial charge >= 0.3 is 0 Å². The van der Waals surface area contributed by atoms with Gasteiger partial charge in [-0.2, -0.15) is 0 Å². The predicted molar refractivity (Wildman–Crippen MR) is 129 cm³/mol. The molecule has 0 saturated carbocycles. The molecule has 2 aromatic rings. The van der Waals surface area contributed by atoms with Crippen molar-refractivity contribution in [3.63, 3.8) is 0 Å². The summed E-state index contributed by atoms with van der Waals surface area (Å²) in [6.07, 6.45) is 5.87. The summed E-state index contributed by atoms with van der Waals surface area (Å²) in [6, 6.07) is 9.15. The molecule has 2 N–H and O–H groups in total. The van der Waals surface area contributed by atoms with Crippen molar-refractivity contribution in [1.29, 1.82) is 0 Å². The molecule has 0 amide bonds. The highest BCUT2D eigenvalue weighted by Gasteiger charge is 2.16. The smallest absolute Gasteiger partial charge is 0.263 e. The van der Waals surface area contributed by atoms with Gasteiger partial charge in [-0.25, -0.2) is 13.4 Å². The fraction of sp³-hybridized carbons (Fsp3) is 0.435. The molecule has 2 heterocycles. The molecule has 8 nitrogen and oxygen atoms in total. The van der Waals surface area contributed by atoms with Crippen LogP contribution in [0.4, 0.5) is 5.82 Å². The van der Waals surface area contributed by atoms with Gasteiger partial charge in [-0.1, -0.05) is 11.8 Å². The lowest BCUT2D eigenvalue weighted by molar-refractivity contribution is -0.109. The molecule has 178 valence electrons. The van der Waals surface area contributed by atoms with Crippen molar-refractivity contribution in [2.75, 3.05) is 30.2 Å². The number of benzene rings is 1. The average molecular weight is 492 g/mol. The highest BCUT2D eigenvalue weighted by molar-refractivity contribution is 8.14. The van der Waals surface area contributed by atoms with E-state index in [0.717, 1.165) is 37.7 Å². The maximum atomic E-state index is 12.6. The summed E-state index contributed by atoms with van der Waals surface area (Å²) in [5.74, 6) is 1.21. The first-order valence-corrected chi connectivity index (χ1v) is 13.4.